The first-order valence-corrected chi connectivity index (χ1v) is 7.72. The average molecular weight is 298 g/mol. The Morgan fingerprint density at radius 2 is 2.20 bits per heavy atom. The first-order valence-electron chi connectivity index (χ1n) is 7.34. The molecule has 5 heteroatoms. The summed E-state index contributed by atoms with van der Waals surface area (Å²) in [5.41, 5.74) is 0.793. The number of halogens is 1. The largest absolute Gasteiger partial charge is 0.380 e. The van der Waals surface area contributed by atoms with Gasteiger partial charge >= 0.3 is 0 Å². The van der Waals surface area contributed by atoms with Gasteiger partial charge in [0.15, 0.2) is 0 Å². The third-order valence-electron chi connectivity index (χ3n) is 4.00. The van der Waals surface area contributed by atoms with Crippen LogP contribution in [0.2, 0.25) is 5.02 Å². The summed E-state index contributed by atoms with van der Waals surface area (Å²) in [6, 6.07) is 0.384. The molecule has 2 rings (SSSR count). The maximum absolute atomic E-state index is 12.1. The molecule has 1 aliphatic carbocycles. The molecule has 1 unspecified atom stereocenters. The van der Waals surface area contributed by atoms with Crippen LogP contribution in [0, 0.1) is 5.41 Å². The van der Waals surface area contributed by atoms with Gasteiger partial charge in [0.05, 0.1) is 17.9 Å². The second-order valence-corrected chi connectivity index (χ2v) is 7.20. The molecule has 1 aromatic rings. The molecule has 0 saturated heterocycles. The number of nitrogens with one attached hydrogen (secondary N) is 1. The summed E-state index contributed by atoms with van der Waals surface area (Å²) in [5.74, 6) is 0. The lowest BCUT2D eigenvalue weighted by Gasteiger charge is -2.36. The molecular formula is C15H24ClN3O. The highest BCUT2D eigenvalue weighted by atomic mass is 35.5. The molecule has 1 aliphatic rings. The molecule has 1 aromatic heterocycles. The predicted molar refractivity (Wildman–Crippen MR) is 83.6 cm³/mol. The fraction of sp³-hybridized carbons (Fsp3) is 0.733. The van der Waals surface area contributed by atoms with Crippen molar-refractivity contribution in [2.24, 2.45) is 5.41 Å². The minimum absolute atomic E-state index is 0.0164. The molecule has 4 nitrogen and oxygen atoms in total. The Hall–Kier alpha value is -1.03. The van der Waals surface area contributed by atoms with Gasteiger partial charge in [0.2, 0.25) is 0 Å². The van der Waals surface area contributed by atoms with Crippen LogP contribution in [0.5, 0.6) is 0 Å². The SMILES string of the molecule is CC(C)n1ncc(NC2CCCC(C)(C)C2)c(Cl)c1=O. The van der Waals surface area contributed by atoms with Crippen LogP contribution in [0.4, 0.5) is 5.69 Å². The number of aromatic nitrogens is 2. The summed E-state index contributed by atoms with van der Waals surface area (Å²) < 4.78 is 1.42. The lowest BCUT2D eigenvalue weighted by molar-refractivity contribution is 0.229. The van der Waals surface area contributed by atoms with Gasteiger partial charge in [-0.2, -0.15) is 5.10 Å². The Balaban J connectivity index is 2.18. The third kappa shape index (κ3) is 3.35. The highest BCUT2D eigenvalue weighted by Gasteiger charge is 2.28. The Morgan fingerprint density at radius 3 is 2.80 bits per heavy atom. The van der Waals surface area contributed by atoms with Crippen molar-refractivity contribution in [2.75, 3.05) is 5.32 Å². The number of nitrogens with zero attached hydrogens (tertiary/aromatic N) is 2. The molecule has 1 fully saturated rings. The van der Waals surface area contributed by atoms with Crippen LogP contribution in [0.3, 0.4) is 0 Å². The quantitative estimate of drug-likeness (QED) is 0.921. The number of rotatable bonds is 3. The molecule has 1 atom stereocenters. The topological polar surface area (TPSA) is 46.9 Å². The lowest BCUT2D eigenvalue weighted by atomic mass is 9.75. The second-order valence-electron chi connectivity index (χ2n) is 6.82. The lowest BCUT2D eigenvalue weighted by Crippen LogP contribution is -2.33. The molecule has 0 aromatic carbocycles. The van der Waals surface area contributed by atoms with Crippen LogP contribution in [-0.4, -0.2) is 15.8 Å². The van der Waals surface area contributed by atoms with Gasteiger partial charge < -0.3 is 5.32 Å². The van der Waals surface area contributed by atoms with Crippen LogP contribution >= 0.6 is 11.6 Å². The van der Waals surface area contributed by atoms with E-state index in [9.17, 15) is 4.79 Å². The standard InChI is InChI=1S/C15H24ClN3O/c1-10(2)19-14(20)13(16)12(9-17-19)18-11-6-5-7-15(3,4)8-11/h9-11,18H,5-8H2,1-4H3. The number of hydrogen-bond donors (Lipinski definition) is 1. The maximum atomic E-state index is 12.1. The minimum atomic E-state index is -0.221. The Morgan fingerprint density at radius 1 is 1.50 bits per heavy atom. The van der Waals surface area contributed by atoms with Gasteiger partial charge in [-0.1, -0.05) is 31.9 Å². The summed E-state index contributed by atoms with van der Waals surface area (Å²) >= 11 is 6.20. The highest BCUT2D eigenvalue weighted by Crippen LogP contribution is 2.36. The van der Waals surface area contributed by atoms with Gasteiger partial charge in [0.1, 0.15) is 5.02 Å². The van der Waals surface area contributed by atoms with Gasteiger partial charge in [-0.05, 0) is 38.5 Å². The van der Waals surface area contributed by atoms with Crippen molar-refractivity contribution in [3.8, 4) is 0 Å². The van der Waals surface area contributed by atoms with Crippen molar-refractivity contribution < 1.29 is 0 Å². The van der Waals surface area contributed by atoms with Crippen molar-refractivity contribution in [3.05, 3.63) is 21.6 Å². The number of hydrogen-bond acceptors (Lipinski definition) is 3. The fourth-order valence-electron chi connectivity index (χ4n) is 2.95. The Labute approximate surface area is 125 Å². The summed E-state index contributed by atoms with van der Waals surface area (Å²) in [5, 5.41) is 7.85. The van der Waals surface area contributed by atoms with E-state index in [-0.39, 0.29) is 16.6 Å². The van der Waals surface area contributed by atoms with E-state index in [1.165, 1.54) is 17.5 Å². The van der Waals surface area contributed by atoms with Crippen molar-refractivity contribution in [1.82, 2.24) is 9.78 Å². The molecule has 1 saturated carbocycles. The Bertz CT molecular complexity index is 536. The van der Waals surface area contributed by atoms with Crippen LogP contribution < -0.4 is 10.9 Å². The van der Waals surface area contributed by atoms with Crippen molar-refractivity contribution in [2.45, 2.75) is 65.5 Å². The molecular weight excluding hydrogens is 274 g/mol. The molecule has 0 spiro atoms. The molecule has 112 valence electrons. The van der Waals surface area contributed by atoms with E-state index in [1.807, 2.05) is 13.8 Å². The fourth-order valence-corrected chi connectivity index (χ4v) is 3.14. The van der Waals surface area contributed by atoms with Crippen LogP contribution in [-0.2, 0) is 0 Å². The van der Waals surface area contributed by atoms with Gasteiger partial charge in [-0.25, -0.2) is 4.68 Å². The minimum Gasteiger partial charge on any atom is -0.380 e. The summed E-state index contributed by atoms with van der Waals surface area (Å²) in [4.78, 5) is 12.1. The normalized spacial score (nSPS) is 22.0. The first-order chi connectivity index (χ1) is 9.30. The molecule has 0 amide bonds. The van der Waals surface area contributed by atoms with Gasteiger partial charge in [0, 0.05) is 6.04 Å². The first kappa shape index (κ1) is 15.4. The molecule has 0 radical (unpaired) electrons. The van der Waals surface area contributed by atoms with Crippen molar-refractivity contribution >= 4 is 17.3 Å². The maximum Gasteiger partial charge on any atom is 0.287 e. The van der Waals surface area contributed by atoms with E-state index in [0.717, 1.165) is 12.8 Å². The summed E-state index contributed by atoms with van der Waals surface area (Å²) in [6.07, 6.45) is 6.35. The van der Waals surface area contributed by atoms with Gasteiger partial charge in [0.25, 0.3) is 5.56 Å². The number of anilines is 1. The monoisotopic (exact) mass is 297 g/mol. The van der Waals surface area contributed by atoms with Crippen LogP contribution in [0.1, 0.15) is 59.4 Å². The third-order valence-corrected chi connectivity index (χ3v) is 4.36. The van der Waals surface area contributed by atoms with Crippen LogP contribution in [0.15, 0.2) is 11.0 Å². The predicted octanol–water partition coefficient (Wildman–Crippen LogP) is 3.86. The average Bonchev–Trinajstić information content (AvgIpc) is 2.33. The second kappa shape index (κ2) is 5.76. The molecule has 0 bridgehead atoms. The summed E-state index contributed by atoms with van der Waals surface area (Å²) in [7, 11) is 0. The van der Waals surface area contributed by atoms with Gasteiger partial charge in [-0.3, -0.25) is 4.79 Å². The highest BCUT2D eigenvalue weighted by molar-refractivity contribution is 6.32. The zero-order valence-electron chi connectivity index (χ0n) is 12.7. The molecule has 0 aliphatic heterocycles. The van der Waals surface area contributed by atoms with E-state index in [1.54, 1.807) is 6.20 Å². The summed E-state index contributed by atoms with van der Waals surface area (Å²) in [6.45, 7) is 8.41. The van der Waals surface area contributed by atoms with Crippen LogP contribution in [0.25, 0.3) is 0 Å². The van der Waals surface area contributed by atoms with E-state index >= 15 is 0 Å². The van der Waals surface area contributed by atoms with Crippen molar-refractivity contribution in [1.29, 1.82) is 0 Å². The van der Waals surface area contributed by atoms with E-state index in [2.05, 4.69) is 24.3 Å². The van der Waals surface area contributed by atoms with Crippen molar-refractivity contribution in [3.63, 3.8) is 0 Å². The zero-order valence-corrected chi connectivity index (χ0v) is 13.5. The smallest absolute Gasteiger partial charge is 0.287 e. The van der Waals surface area contributed by atoms with E-state index < -0.39 is 0 Å². The van der Waals surface area contributed by atoms with E-state index in [4.69, 9.17) is 11.6 Å². The Kier molecular flexibility index (Phi) is 4.43. The molecule has 1 heterocycles. The zero-order chi connectivity index (χ0) is 14.9. The van der Waals surface area contributed by atoms with E-state index in [0.29, 0.717) is 17.1 Å². The molecule has 20 heavy (non-hydrogen) atoms. The molecule has 1 N–H and O–H groups in total. The van der Waals surface area contributed by atoms with Gasteiger partial charge in [-0.15, -0.1) is 0 Å².